The van der Waals surface area contributed by atoms with Gasteiger partial charge in [-0.1, -0.05) is 12.1 Å². The number of hydrogen-bond donors (Lipinski definition) is 1. The summed E-state index contributed by atoms with van der Waals surface area (Å²) in [4.78, 5) is 14.0. The summed E-state index contributed by atoms with van der Waals surface area (Å²) in [6, 6.07) is 9.71. The van der Waals surface area contributed by atoms with Crippen LogP contribution in [0, 0.1) is 6.92 Å². The molecule has 2 aromatic rings. The van der Waals surface area contributed by atoms with Crippen LogP contribution in [-0.4, -0.2) is 11.6 Å². The number of benzene rings is 1. The molecule has 0 saturated carbocycles. The predicted octanol–water partition coefficient (Wildman–Crippen LogP) is 2.75. The fourth-order valence-corrected chi connectivity index (χ4v) is 1.70. The number of aromatic nitrogens is 1. The standard InChI is InChI=1S/C14H15NO2/c1-3-17-13-6-4-5-11(8-13)12-7-10(2)14(16)15-9-12/h4-9H,3H2,1-2H3,(H,15,16). The molecule has 0 fully saturated rings. The summed E-state index contributed by atoms with van der Waals surface area (Å²) in [6.45, 7) is 4.40. The van der Waals surface area contributed by atoms with Crippen molar-refractivity contribution in [1.82, 2.24) is 4.98 Å². The normalized spacial score (nSPS) is 10.2. The molecule has 0 aliphatic rings. The monoisotopic (exact) mass is 229 g/mol. The fourth-order valence-electron chi connectivity index (χ4n) is 1.70. The SMILES string of the molecule is CCOc1cccc(-c2c[nH]c(=O)c(C)c2)c1. The summed E-state index contributed by atoms with van der Waals surface area (Å²) in [5.74, 6) is 0.842. The van der Waals surface area contributed by atoms with Gasteiger partial charge in [0.1, 0.15) is 5.75 Å². The van der Waals surface area contributed by atoms with Crippen LogP contribution in [0.5, 0.6) is 5.75 Å². The number of rotatable bonds is 3. The minimum Gasteiger partial charge on any atom is -0.494 e. The van der Waals surface area contributed by atoms with Gasteiger partial charge in [0.05, 0.1) is 6.61 Å². The van der Waals surface area contributed by atoms with Gasteiger partial charge >= 0.3 is 0 Å². The first-order chi connectivity index (χ1) is 8.20. The summed E-state index contributed by atoms with van der Waals surface area (Å²) in [5, 5.41) is 0. The van der Waals surface area contributed by atoms with Crippen molar-refractivity contribution in [2.45, 2.75) is 13.8 Å². The van der Waals surface area contributed by atoms with Crippen molar-refractivity contribution in [2.75, 3.05) is 6.61 Å². The van der Waals surface area contributed by atoms with Gasteiger partial charge < -0.3 is 9.72 Å². The van der Waals surface area contributed by atoms with Crippen LogP contribution in [0.1, 0.15) is 12.5 Å². The number of ether oxygens (including phenoxy) is 1. The lowest BCUT2D eigenvalue weighted by Crippen LogP contribution is -2.07. The van der Waals surface area contributed by atoms with E-state index < -0.39 is 0 Å². The Hall–Kier alpha value is -2.03. The number of H-pyrrole nitrogens is 1. The highest BCUT2D eigenvalue weighted by atomic mass is 16.5. The molecule has 1 aromatic carbocycles. The third-order valence-corrected chi connectivity index (χ3v) is 2.57. The van der Waals surface area contributed by atoms with Gasteiger partial charge in [-0.2, -0.15) is 0 Å². The van der Waals surface area contributed by atoms with Crippen molar-refractivity contribution in [3.63, 3.8) is 0 Å². The maximum Gasteiger partial charge on any atom is 0.250 e. The minimum absolute atomic E-state index is 0.0466. The van der Waals surface area contributed by atoms with Crippen molar-refractivity contribution in [2.24, 2.45) is 0 Å². The topological polar surface area (TPSA) is 42.1 Å². The molecule has 1 aromatic heterocycles. The van der Waals surface area contributed by atoms with Crippen molar-refractivity contribution < 1.29 is 4.74 Å². The van der Waals surface area contributed by atoms with Gasteiger partial charge in [-0.15, -0.1) is 0 Å². The number of aryl methyl sites for hydroxylation is 1. The van der Waals surface area contributed by atoms with E-state index in [0.717, 1.165) is 16.9 Å². The summed E-state index contributed by atoms with van der Waals surface area (Å²) < 4.78 is 5.45. The molecule has 3 nitrogen and oxygen atoms in total. The zero-order chi connectivity index (χ0) is 12.3. The maximum absolute atomic E-state index is 11.3. The lowest BCUT2D eigenvalue weighted by molar-refractivity contribution is 0.340. The molecule has 0 aliphatic heterocycles. The highest BCUT2D eigenvalue weighted by Gasteiger charge is 2.01. The molecule has 3 heteroatoms. The van der Waals surface area contributed by atoms with E-state index in [-0.39, 0.29) is 5.56 Å². The molecule has 0 amide bonds. The van der Waals surface area contributed by atoms with E-state index >= 15 is 0 Å². The molecule has 1 heterocycles. The number of hydrogen-bond acceptors (Lipinski definition) is 2. The lowest BCUT2D eigenvalue weighted by atomic mass is 10.1. The second-order valence-electron chi connectivity index (χ2n) is 3.86. The van der Waals surface area contributed by atoms with Gasteiger partial charge in [0.15, 0.2) is 0 Å². The number of pyridine rings is 1. The fraction of sp³-hybridized carbons (Fsp3) is 0.214. The third-order valence-electron chi connectivity index (χ3n) is 2.57. The largest absolute Gasteiger partial charge is 0.494 e. The van der Waals surface area contributed by atoms with Crippen LogP contribution in [0.15, 0.2) is 41.3 Å². The average Bonchev–Trinajstić information content (AvgIpc) is 2.33. The lowest BCUT2D eigenvalue weighted by Gasteiger charge is -2.06. The molecule has 0 atom stereocenters. The molecule has 0 aliphatic carbocycles. The Bertz CT molecular complexity index is 572. The first-order valence-electron chi connectivity index (χ1n) is 5.63. The molecule has 0 unspecified atom stereocenters. The zero-order valence-corrected chi connectivity index (χ0v) is 9.99. The third kappa shape index (κ3) is 2.56. The van der Waals surface area contributed by atoms with E-state index in [1.165, 1.54) is 0 Å². The van der Waals surface area contributed by atoms with Crippen LogP contribution in [0.4, 0.5) is 0 Å². The van der Waals surface area contributed by atoms with Gasteiger partial charge in [0, 0.05) is 11.8 Å². The first-order valence-corrected chi connectivity index (χ1v) is 5.63. The molecule has 0 bridgehead atoms. The zero-order valence-electron chi connectivity index (χ0n) is 9.99. The molecule has 0 saturated heterocycles. The van der Waals surface area contributed by atoms with E-state index in [4.69, 9.17) is 4.74 Å². The molecule has 0 spiro atoms. The van der Waals surface area contributed by atoms with Gasteiger partial charge in [-0.3, -0.25) is 4.79 Å². The Morgan fingerprint density at radius 2 is 2.06 bits per heavy atom. The van der Waals surface area contributed by atoms with E-state index in [1.807, 2.05) is 37.3 Å². The Labute approximate surface area is 100 Å². The molecular weight excluding hydrogens is 214 g/mol. The quantitative estimate of drug-likeness (QED) is 0.879. The molecule has 0 radical (unpaired) electrons. The highest BCUT2D eigenvalue weighted by molar-refractivity contribution is 5.64. The summed E-state index contributed by atoms with van der Waals surface area (Å²) >= 11 is 0. The van der Waals surface area contributed by atoms with Crippen LogP contribution in [0.3, 0.4) is 0 Å². The molecule has 88 valence electrons. The minimum atomic E-state index is -0.0466. The number of nitrogens with one attached hydrogen (secondary N) is 1. The average molecular weight is 229 g/mol. The van der Waals surface area contributed by atoms with Gasteiger partial charge in [0.2, 0.25) is 0 Å². The van der Waals surface area contributed by atoms with Gasteiger partial charge in [0.25, 0.3) is 5.56 Å². The smallest absolute Gasteiger partial charge is 0.250 e. The molecule has 17 heavy (non-hydrogen) atoms. The maximum atomic E-state index is 11.3. The Balaban J connectivity index is 2.41. The number of aromatic amines is 1. The Kier molecular flexibility index (Phi) is 3.28. The molecule has 2 rings (SSSR count). The van der Waals surface area contributed by atoms with Crippen LogP contribution >= 0.6 is 0 Å². The van der Waals surface area contributed by atoms with Gasteiger partial charge in [-0.05, 0) is 43.2 Å². The van der Waals surface area contributed by atoms with E-state index in [2.05, 4.69) is 4.98 Å². The second-order valence-corrected chi connectivity index (χ2v) is 3.86. The second kappa shape index (κ2) is 4.87. The van der Waals surface area contributed by atoms with Crippen LogP contribution < -0.4 is 10.3 Å². The molecular formula is C14H15NO2. The van der Waals surface area contributed by atoms with Crippen LogP contribution in [0.25, 0.3) is 11.1 Å². The highest BCUT2D eigenvalue weighted by Crippen LogP contribution is 2.23. The summed E-state index contributed by atoms with van der Waals surface area (Å²) in [7, 11) is 0. The summed E-state index contributed by atoms with van der Waals surface area (Å²) in [6.07, 6.45) is 1.72. The summed E-state index contributed by atoms with van der Waals surface area (Å²) in [5.41, 5.74) is 2.69. The Morgan fingerprint density at radius 3 is 2.76 bits per heavy atom. The molecule has 1 N–H and O–H groups in total. The van der Waals surface area contributed by atoms with E-state index in [1.54, 1.807) is 13.1 Å². The van der Waals surface area contributed by atoms with Crippen LogP contribution in [0.2, 0.25) is 0 Å². The van der Waals surface area contributed by atoms with E-state index in [0.29, 0.717) is 12.2 Å². The van der Waals surface area contributed by atoms with Gasteiger partial charge in [-0.25, -0.2) is 0 Å². The van der Waals surface area contributed by atoms with Crippen LogP contribution in [-0.2, 0) is 0 Å². The van der Waals surface area contributed by atoms with Crippen molar-refractivity contribution in [3.05, 3.63) is 52.4 Å². The van der Waals surface area contributed by atoms with Crippen molar-refractivity contribution in [1.29, 1.82) is 0 Å². The first kappa shape index (κ1) is 11.5. The van der Waals surface area contributed by atoms with Crippen molar-refractivity contribution >= 4 is 0 Å². The van der Waals surface area contributed by atoms with Crippen molar-refractivity contribution in [3.8, 4) is 16.9 Å². The Morgan fingerprint density at radius 1 is 1.24 bits per heavy atom. The predicted molar refractivity (Wildman–Crippen MR) is 68.4 cm³/mol. The van der Waals surface area contributed by atoms with E-state index in [9.17, 15) is 4.79 Å².